The van der Waals surface area contributed by atoms with Crippen molar-refractivity contribution in [1.82, 2.24) is 0 Å². The fourth-order valence-corrected chi connectivity index (χ4v) is 2.28. The number of aliphatic hydroxyl groups excluding tert-OH is 1. The highest BCUT2D eigenvalue weighted by molar-refractivity contribution is 4.93. The maximum Gasteiger partial charge on any atom is 0.163 e. The second kappa shape index (κ2) is 3.77. The van der Waals surface area contributed by atoms with Gasteiger partial charge in [0.1, 0.15) is 6.10 Å². The van der Waals surface area contributed by atoms with E-state index in [2.05, 4.69) is 0 Å². The Balaban J connectivity index is 1.91. The number of ether oxygens (including phenoxy) is 3. The molecule has 0 amide bonds. The molecule has 0 radical (unpaired) electrons. The Hall–Kier alpha value is -0.160. The van der Waals surface area contributed by atoms with Gasteiger partial charge in [-0.05, 0) is 26.7 Å². The summed E-state index contributed by atoms with van der Waals surface area (Å²) in [5, 5.41) is 8.67. The number of hydrogen-bond donors (Lipinski definition) is 1. The number of aliphatic hydroxyl groups is 1. The van der Waals surface area contributed by atoms with Crippen LogP contribution in [0.2, 0.25) is 0 Å². The Labute approximate surface area is 84.1 Å². The molecule has 0 aromatic rings. The Morgan fingerprint density at radius 3 is 2.86 bits per heavy atom. The van der Waals surface area contributed by atoms with E-state index in [9.17, 15) is 0 Å². The quantitative estimate of drug-likeness (QED) is 0.731. The van der Waals surface area contributed by atoms with Gasteiger partial charge in [-0.25, -0.2) is 0 Å². The van der Waals surface area contributed by atoms with Crippen molar-refractivity contribution in [3.05, 3.63) is 0 Å². The molecular formula is C10H18O4. The molecule has 2 aliphatic rings. The fourth-order valence-electron chi connectivity index (χ4n) is 2.28. The number of fused-ring (bicyclic) bond motifs is 1. The van der Waals surface area contributed by atoms with E-state index in [0.29, 0.717) is 6.61 Å². The van der Waals surface area contributed by atoms with Crippen LogP contribution in [-0.2, 0) is 14.2 Å². The van der Waals surface area contributed by atoms with Gasteiger partial charge in [-0.1, -0.05) is 0 Å². The summed E-state index contributed by atoms with van der Waals surface area (Å²) in [6.45, 7) is 4.30. The molecule has 1 aliphatic heterocycles. The molecule has 1 saturated heterocycles. The van der Waals surface area contributed by atoms with Gasteiger partial charge < -0.3 is 19.3 Å². The summed E-state index contributed by atoms with van der Waals surface area (Å²) in [5.74, 6) is -0.476. The molecule has 2 fully saturated rings. The minimum atomic E-state index is -0.476. The lowest BCUT2D eigenvalue weighted by atomic mass is 10.2. The lowest BCUT2D eigenvalue weighted by Gasteiger charge is -2.21. The van der Waals surface area contributed by atoms with Crippen molar-refractivity contribution in [3.8, 4) is 0 Å². The van der Waals surface area contributed by atoms with E-state index in [4.69, 9.17) is 19.3 Å². The summed E-state index contributed by atoms with van der Waals surface area (Å²) in [6.07, 6.45) is 2.27. The monoisotopic (exact) mass is 202 g/mol. The molecule has 1 aliphatic carbocycles. The molecule has 1 heterocycles. The van der Waals surface area contributed by atoms with Gasteiger partial charge in [0.05, 0.1) is 25.4 Å². The van der Waals surface area contributed by atoms with Gasteiger partial charge in [0, 0.05) is 0 Å². The average molecular weight is 202 g/mol. The van der Waals surface area contributed by atoms with Crippen molar-refractivity contribution >= 4 is 0 Å². The molecule has 1 unspecified atom stereocenters. The normalized spacial score (nSPS) is 40.1. The van der Waals surface area contributed by atoms with Crippen molar-refractivity contribution < 1.29 is 19.3 Å². The smallest absolute Gasteiger partial charge is 0.163 e. The molecule has 4 heteroatoms. The maximum absolute atomic E-state index is 8.67. The minimum Gasteiger partial charge on any atom is -0.394 e. The van der Waals surface area contributed by atoms with Crippen LogP contribution in [0.25, 0.3) is 0 Å². The number of rotatable bonds is 3. The molecule has 1 N–H and O–H groups in total. The zero-order valence-corrected chi connectivity index (χ0v) is 8.73. The van der Waals surface area contributed by atoms with Crippen LogP contribution in [0.5, 0.6) is 0 Å². The third-order valence-corrected chi connectivity index (χ3v) is 2.75. The lowest BCUT2D eigenvalue weighted by molar-refractivity contribution is -0.166. The lowest BCUT2D eigenvalue weighted by Crippen LogP contribution is -2.31. The second-order valence-electron chi connectivity index (χ2n) is 4.35. The summed E-state index contributed by atoms with van der Waals surface area (Å²) in [6, 6.07) is 0. The minimum absolute atomic E-state index is 0.0524. The van der Waals surface area contributed by atoms with Crippen molar-refractivity contribution in [2.75, 3.05) is 13.2 Å². The Morgan fingerprint density at radius 1 is 1.36 bits per heavy atom. The van der Waals surface area contributed by atoms with Gasteiger partial charge in [0.2, 0.25) is 0 Å². The van der Waals surface area contributed by atoms with E-state index in [0.717, 1.165) is 12.8 Å². The summed E-state index contributed by atoms with van der Waals surface area (Å²) >= 11 is 0. The molecule has 4 nitrogen and oxygen atoms in total. The van der Waals surface area contributed by atoms with Crippen LogP contribution in [0.4, 0.5) is 0 Å². The molecule has 3 atom stereocenters. The van der Waals surface area contributed by atoms with Gasteiger partial charge in [-0.15, -0.1) is 0 Å². The van der Waals surface area contributed by atoms with Crippen molar-refractivity contribution in [2.24, 2.45) is 0 Å². The van der Waals surface area contributed by atoms with Gasteiger partial charge in [-0.3, -0.25) is 0 Å². The maximum atomic E-state index is 8.67. The second-order valence-corrected chi connectivity index (χ2v) is 4.35. The van der Waals surface area contributed by atoms with Crippen molar-refractivity contribution in [2.45, 2.75) is 50.8 Å². The van der Waals surface area contributed by atoms with Crippen LogP contribution in [0, 0.1) is 0 Å². The topological polar surface area (TPSA) is 47.9 Å². The first-order valence-corrected chi connectivity index (χ1v) is 5.20. The summed E-state index contributed by atoms with van der Waals surface area (Å²) in [5.41, 5.74) is 0. The van der Waals surface area contributed by atoms with E-state index >= 15 is 0 Å². The third kappa shape index (κ3) is 1.93. The predicted molar refractivity (Wildman–Crippen MR) is 49.9 cm³/mol. The van der Waals surface area contributed by atoms with Gasteiger partial charge >= 0.3 is 0 Å². The first kappa shape index (κ1) is 10.4. The van der Waals surface area contributed by atoms with Crippen molar-refractivity contribution in [1.29, 1.82) is 0 Å². The van der Waals surface area contributed by atoms with E-state index in [-0.39, 0.29) is 24.9 Å². The summed E-state index contributed by atoms with van der Waals surface area (Å²) in [4.78, 5) is 0. The highest BCUT2D eigenvalue weighted by Crippen LogP contribution is 2.39. The average Bonchev–Trinajstić information content (AvgIpc) is 2.57. The SMILES string of the molecule is CC1(C)O[C@H]2CCC(OCCO)[C@H]2O1. The first-order chi connectivity index (χ1) is 6.62. The molecule has 0 spiro atoms. The van der Waals surface area contributed by atoms with Crippen molar-refractivity contribution in [3.63, 3.8) is 0 Å². The van der Waals surface area contributed by atoms with Gasteiger partial charge in [0.25, 0.3) is 0 Å². The van der Waals surface area contributed by atoms with E-state index in [1.54, 1.807) is 0 Å². The molecule has 0 bridgehead atoms. The van der Waals surface area contributed by atoms with E-state index < -0.39 is 5.79 Å². The van der Waals surface area contributed by atoms with E-state index in [1.165, 1.54) is 0 Å². The van der Waals surface area contributed by atoms with E-state index in [1.807, 2.05) is 13.8 Å². The third-order valence-electron chi connectivity index (χ3n) is 2.75. The Bertz CT molecular complexity index is 204. The molecule has 1 saturated carbocycles. The fraction of sp³-hybridized carbons (Fsp3) is 1.00. The van der Waals surface area contributed by atoms with Crippen LogP contribution in [-0.4, -0.2) is 42.4 Å². The largest absolute Gasteiger partial charge is 0.394 e. The molecule has 0 aromatic carbocycles. The summed E-state index contributed by atoms with van der Waals surface area (Å²) in [7, 11) is 0. The van der Waals surface area contributed by atoms with Crippen LogP contribution >= 0.6 is 0 Å². The highest BCUT2D eigenvalue weighted by atomic mass is 16.8. The van der Waals surface area contributed by atoms with Gasteiger partial charge in [-0.2, -0.15) is 0 Å². The zero-order valence-electron chi connectivity index (χ0n) is 8.73. The van der Waals surface area contributed by atoms with Crippen LogP contribution < -0.4 is 0 Å². The van der Waals surface area contributed by atoms with Crippen LogP contribution in [0.3, 0.4) is 0 Å². The highest BCUT2D eigenvalue weighted by Gasteiger charge is 2.49. The number of hydrogen-bond acceptors (Lipinski definition) is 4. The molecule has 82 valence electrons. The molecule has 0 aromatic heterocycles. The van der Waals surface area contributed by atoms with Crippen LogP contribution in [0.15, 0.2) is 0 Å². The Morgan fingerprint density at radius 2 is 2.14 bits per heavy atom. The molecular weight excluding hydrogens is 184 g/mol. The molecule has 2 rings (SSSR count). The standard InChI is InChI=1S/C10H18O4/c1-10(2)13-8-4-3-7(9(8)14-10)12-6-5-11/h7-9,11H,3-6H2,1-2H3/t7?,8-,9+/m0/s1. The predicted octanol–water partition coefficient (Wildman–Crippen LogP) is 0.678. The van der Waals surface area contributed by atoms with Crippen LogP contribution in [0.1, 0.15) is 26.7 Å². The molecule has 14 heavy (non-hydrogen) atoms. The summed E-state index contributed by atoms with van der Waals surface area (Å²) < 4.78 is 17.0. The first-order valence-electron chi connectivity index (χ1n) is 5.20. The Kier molecular flexibility index (Phi) is 2.79. The zero-order chi connectivity index (χ0) is 10.2. The van der Waals surface area contributed by atoms with Gasteiger partial charge in [0.15, 0.2) is 5.79 Å².